The molecule has 1 aliphatic rings. The molecule has 3 heteroatoms. The van der Waals surface area contributed by atoms with Gasteiger partial charge in [0.2, 0.25) is 0 Å². The van der Waals surface area contributed by atoms with E-state index >= 15 is 0 Å². The summed E-state index contributed by atoms with van der Waals surface area (Å²) in [6.45, 7) is 9.93. The lowest BCUT2D eigenvalue weighted by molar-refractivity contribution is 0.170. The Hall–Kier alpha value is -0.590. The molecule has 92 valence electrons. The van der Waals surface area contributed by atoms with E-state index in [1.807, 2.05) is 0 Å². The van der Waals surface area contributed by atoms with Crippen molar-refractivity contribution in [1.29, 1.82) is 5.26 Å². The molecule has 1 rings (SSSR count). The first-order chi connectivity index (χ1) is 7.60. The normalized spacial score (nSPS) is 21.9. The van der Waals surface area contributed by atoms with Crippen molar-refractivity contribution in [2.75, 3.05) is 19.6 Å². The molecule has 0 spiro atoms. The molecule has 1 fully saturated rings. The fraction of sp³-hybridized carbons (Fsp3) is 0.923. The van der Waals surface area contributed by atoms with Gasteiger partial charge in [-0.05, 0) is 52.6 Å². The van der Waals surface area contributed by atoms with E-state index in [9.17, 15) is 0 Å². The molecule has 1 heterocycles. The Labute approximate surface area is 99.8 Å². The second-order valence-electron chi connectivity index (χ2n) is 5.33. The van der Waals surface area contributed by atoms with Crippen LogP contribution in [0.2, 0.25) is 0 Å². The summed E-state index contributed by atoms with van der Waals surface area (Å²) < 4.78 is 0. The smallest absolute Gasteiger partial charge is 0.0965 e. The van der Waals surface area contributed by atoms with Crippen LogP contribution in [0.15, 0.2) is 0 Å². The number of hydrogen-bond acceptors (Lipinski definition) is 3. The lowest BCUT2D eigenvalue weighted by Crippen LogP contribution is -2.41. The summed E-state index contributed by atoms with van der Waals surface area (Å²) in [7, 11) is 0. The molecule has 0 radical (unpaired) electrons. The molecule has 0 aromatic heterocycles. The predicted octanol–water partition coefficient (Wildman–Crippen LogP) is 2.14. The first kappa shape index (κ1) is 13.5. The van der Waals surface area contributed by atoms with Crippen molar-refractivity contribution < 1.29 is 0 Å². The summed E-state index contributed by atoms with van der Waals surface area (Å²) in [4.78, 5) is 2.52. The van der Waals surface area contributed by atoms with Gasteiger partial charge in [0.05, 0.1) is 12.1 Å². The largest absolute Gasteiger partial charge is 0.302 e. The molecule has 16 heavy (non-hydrogen) atoms. The Morgan fingerprint density at radius 2 is 2.25 bits per heavy atom. The molecule has 1 saturated heterocycles. The molecule has 0 aliphatic carbocycles. The molecule has 1 N–H and O–H groups in total. The molecule has 0 bridgehead atoms. The zero-order chi connectivity index (χ0) is 12.0. The molecule has 1 aliphatic heterocycles. The second-order valence-corrected chi connectivity index (χ2v) is 5.33. The summed E-state index contributed by atoms with van der Waals surface area (Å²) in [5.41, 5.74) is 0.338. The Balaban J connectivity index is 2.30. The molecule has 0 aromatic carbocycles. The quantitative estimate of drug-likeness (QED) is 0.750. The number of hydrogen-bond donors (Lipinski definition) is 1. The van der Waals surface area contributed by atoms with Gasteiger partial charge in [-0.3, -0.25) is 4.90 Å². The van der Waals surface area contributed by atoms with Crippen LogP contribution >= 0.6 is 0 Å². The highest BCUT2D eigenvalue weighted by atomic mass is 15.2. The van der Waals surface area contributed by atoms with E-state index in [2.05, 4.69) is 37.1 Å². The summed E-state index contributed by atoms with van der Waals surface area (Å²) >= 11 is 0. The molecular weight excluding hydrogens is 198 g/mol. The highest BCUT2D eigenvalue weighted by molar-refractivity contribution is 4.93. The fourth-order valence-electron chi connectivity index (χ4n) is 2.39. The van der Waals surface area contributed by atoms with E-state index in [-0.39, 0.29) is 6.04 Å². The topological polar surface area (TPSA) is 39.1 Å². The summed E-state index contributed by atoms with van der Waals surface area (Å²) in [5.74, 6) is 0. The van der Waals surface area contributed by atoms with Crippen LogP contribution in [-0.4, -0.2) is 36.1 Å². The lowest BCUT2D eigenvalue weighted by atomic mass is 10.0. The van der Waals surface area contributed by atoms with Gasteiger partial charge in [0, 0.05) is 12.1 Å². The Bertz CT molecular complexity index is 242. The van der Waals surface area contributed by atoms with E-state index in [1.54, 1.807) is 0 Å². The Morgan fingerprint density at radius 1 is 1.50 bits per heavy atom. The summed E-state index contributed by atoms with van der Waals surface area (Å²) in [6.07, 6.45) is 4.62. The van der Waals surface area contributed by atoms with Crippen molar-refractivity contribution in [3.05, 3.63) is 0 Å². The van der Waals surface area contributed by atoms with Crippen molar-refractivity contribution in [3.8, 4) is 6.07 Å². The van der Waals surface area contributed by atoms with E-state index < -0.39 is 0 Å². The number of nitrogens with zero attached hydrogens (tertiary/aromatic N) is 2. The van der Waals surface area contributed by atoms with Crippen molar-refractivity contribution in [1.82, 2.24) is 10.2 Å². The van der Waals surface area contributed by atoms with Crippen LogP contribution in [0.1, 0.15) is 46.5 Å². The zero-order valence-corrected chi connectivity index (χ0v) is 10.9. The standard InChI is InChI=1S/C13H25N3/c1-4-8-15-12(11-14)6-10-16-9-5-7-13(16,2)3/h12,15H,4-10H2,1-3H3. The van der Waals surface area contributed by atoms with Gasteiger partial charge < -0.3 is 5.32 Å². The molecule has 1 atom stereocenters. The van der Waals surface area contributed by atoms with Gasteiger partial charge in [-0.2, -0.15) is 5.26 Å². The van der Waals surface area contributed by atoms with Crippen molar-refractivity contribution >= 4 is 0 Å². The monoisotopic (exact) mass is 223 g/mol. The minimum Gasteiger partial charge on any atom is -0.302 e. The highest BCUT2D eigenvalue weighted by Crippen LogP contribution is 2.28. The predicted molar refractivity (Wildman–Crippen MR) is 67.2 cm³/mol. The fourth-order valence-corrected chi connectivity index (χ4v) is 2.39. The SMILES string of the molecule is CCCNC(C#N)CCN1CCCC1(C)C. The van der Waals surface area contributed by atoms with Crippen molar-refractivity contribution in [2.24, 2.45) is 0 Å². The maximum atomic E-state index is 9.03. The van der Waals surface area contributed by atoms with Crippen molar-refractivity contribution in [3.63, 3.8) is 0 Å². The van der Waals surface area contributed by atoms with Crippen LogP contribution in [0.4, 0.5) is 0 Å². The number of likely N-dealkylation sites (tertiary alicyclic amines) is 1. The van der Waals surface area contributed by atoms with Crippen LogP contribution in [-0.2, 0) is 0 Å². The molecule has 0 amide bonds. The molecule has 0 saturated carbocycles. The summed E-state index contributed by atoms with van der Waals surface area (Å²) in [6, 6.07) is 2.37. The van der Waals surface area contributed by atoms with Gasteiger partial charge in [-0.1, -0.05) is 6.92 Å². The molecular formula is C13H25N3. The lowest BCUT2D eigenvalue weighted by Gasteiger charge is -2.32. The maximum absolute atomic E-state index is 9.03. The second kappa shape index (κ2) is 6.22. The molecule has 0 aromatic rings. The number of rotatable bonds is 6. The van der Waals surface area contributed by atoms with Crippen LogP contribution in [0, 0.1) is 11.3 Å². The van der Waals surface area contributed by atoms with Gasteiger partial charge in [-0.25, -0.2) is 0 Å². The first-order valence-electron chi connectivity index (χ1n) is 6.48. The van der Waals surface area contributed by atoms with Crippen LogP contribution < -0.4 is 5.32 Å². The zero-order valence-electron chi connectivity index (χ0n) is 10.9. The van der Waals surface area contributed by atoms with Gasteiger partial charge in [0.25, 0.3) is 0 Å². The number of nitrogens with one attached hydrogen (secondary N) is 1. The Morgan fingerprint density at radius 3 is 2.75 bits per heavy atom. The van der Waals surface area contributed by atoms with Gasteiger partial charge in [-0.15, -0.1) is 0 Å². The molecule has 1 unspecified atom stereocenters. The maximum Gasteiger partial charge on any atom is 0.0965 e. The van der Waals surface area contributed by atoms with E-state index in [1.165, 1.54) is 19.4 Å². The third-order valence-corrected chi connectivity index (χ3v) is 3.56. The Kier molecular flexibility index (Phi) is 5.24. The van der Waals surface area contributed by atoms with Gasteiger partial charge >= 0.3 is 0 Å². The first-order valence-corrected chi connectivity index (χ1v) is 6.48. The minimum atomic E-state index is 0.0244. The highest BCUT2D eigenvalue weighted by Gasteiger charge is 2.31. The van der Waals surface area contributed by atoms with Crippen molar-refractivity contribution in [2.45, 2.75) is 58.0 Å². The van der Waals surface area contributed by atoms with Crippen LogP contribution in [0.3, 0.4) is 0 Å². The average molecular weight is 223 g/mol. The minimum absolute atomic E-state index is 0.0244. The van der Waals surface area contributed by atoms with Gasteiger partial charge in [0.15, 0.2) is 0 Å². The van der Waals surface area contributed by atoms with E-state index in [4.69, 9.17) is 5.26 Å². The molecule has 3 nitrogen and oxygen atoms in total. The third kappa shape index (κ3) is 3.77. The summed E-state index contributed by atoms with van der Waals surface area (Å²) in [5, 5.41) is 12.3. The van der Waals surface area contributed by atoms with Crippen LogP contribution in [0.5, 0.6) is 0 Å². The van der Waals surface area contributed by atoms with E-state index in [0.717, 1.165) is 25.9 Å². The van der Waals surface area contributed by atoms with Crippen LogP contribution in [0.25, 0.3) is 0 Å². The number of nitriles is 1. The van der Waals surface area contributed by atoms with E-state index in [0.29, 0.717) is 5.54 Å². The van der Waals surface area contributed by atoms with Gasteiger partial charge in [0.1, 0.15) is 0 Å². The third-order valence-electron chi connectivity index (χ3n) is 3.56. The average Bonchev–Trinajstić information content (AvgIpc) is 2.58.